The van der Waals surface area contributed by atoms with E-state index in [1.165, 1.54) is 22.9 Å². The number of hydrogen-bond donors (Lipinski definition) is 0. The minimum absolute atomic E-state index is 0.0654. The molecule has 0 aliphatic carbocycles. The SMILES string of the molecule is Cc1c(-c2ccccc2)nc2ccc(F)cc2c1C(=O)N1CCC(c2cn(-c3cc(Br)ccc3F)nn2)CC1C. The van der Waals surface area contributed by atoms with Gasteiger partial charge in [0.1, 0.15) is 17.3 Å². The normalized spacial score (nSPS) is 17.4. The average molecular weight is 602 g/mol. The number of rotatable bonds is 4. The smallest absolute Gasteiger partial charge is 0.255 e. The van der Waals surface area contributed by atoms with Crippen LogP contribution in [0.25, 0.3) is 27.8 Å². The van der Waals surface area contributed by atoms with E-state index in [9.17, 15) is 13.6 Å². The largest absolute Gasteiger partial charge is 0.336 e. The van der Waals surface area contributed by atoms with Gasteiger partial charge in [0.05, 0.1) is 28.7 Å². The van der Waals surface area contributed by atoms with Crippen LogP contribution in [0.4, 0.5) is 8.78 Å². The number of likely N-dealkylation sites (tertiary alicyclic amines) is 1. The number of piperidine rings is 1. The second-order valence-corrected chi connectivity index (χ2v) is 11.2. The number of pyridine rings is 1. The molecular weight excluding hydrogens is 576 g/mol. The van der Waals surface area contributed by atoms with E-state index >= 15 is 0 Å². The predicted octanol–water partition coefficient (Wildman–Crippen LogP) is 7.24. The number of hydrogen-bond acceptors (Lipinski definition) is 4. The highest BCUT2D eigenvalue weighted by atomic mass is 79.9. The summed E-state index contributed by atoms with van der Waals surface area (Å²) in [5.74, 6) is -0.874. The van der Waals surface area contributed by atoms with Crippen molar-refractivity contribution in [2.24, 2.45) is 0 Å². The van der Waals surface area contributed by atoms with Crippen LogP contribution >= 0.6 is 15.9 Å². The molecule has 3 heterocycles. The van der Waals surface area contributed by atoms with Crippen molar-refractivity contribution in [1.29, 1.82) is 0 Å². The molecule has 1 aliphatic heterocycles. The highest BCUT2D eigenvalue weighted by Gasteiger charge is 2.33. The first-order chi connectivity index (χ1) is 19.3. The van der Waals surface area contributed by atoms with Gasteiger partial charge in [-0.05, 0) is 68.7 Å². The Morgan fingerprint density at radius 3 is 2.62 bits per heavy atom. The van der Waals surface area contributed by atoms with E-state index in [2.05, 4.69) is 26.2 Å². The van der Waals surface area contributed by atoms with Crippen molar-refractivity contribution in [1.82, 2.24) is 24.9 Å². The Labute approximate surface area is 238 Å². The lowest BCUT2D eigenvalue weighted by Crippen LogP contribution is -2.44. The van der Waals surface area contributed by atoms with Gasteiger partial charge < -0.3 is 4.90 Å². The summed E-state index contributed by atoms with van der Waals surface area (Å²) in [5, 5.41) is 9.01. The number of nitrogens with zero attached hydrogens (tertiary/aromatic N) is 5. The summed E-state index contributed by atoms with van der Waals surface area (Å²) in [7, 11) is 0. The standard InChI is InChI=1S/C31H26BrF2N5O/c1-18-14-21(27-17-39(37-36-27)28-15-22(32)8-10-25(28)34)12-13-38(18)31(40)29-19(2)30(20-6-4-3-5-7-20)35-26-11-9-23(33)16-24(26)29/h3-11,15-18,21H,12-14H2,1-2H3. The molecule has 40 heavy (non-hydrogen) atoms. The van der Waals surface area contributed by atoms with E-state index in [0.717, 1.165) is 21.3 Å². The van der Waals surface area contributed by atoms with E-state index < -0.39 is 5.82 Å². The fraction of sp³-hybridized carbons (Fsp3) is 0.226. The highest BCUT2D eigenvalue weighted by molar-refractivity contribution is 9.10. The van der Waals surface area contributed by atoms with Crippen LogP contribution in [0.5, 0.6) is 0 Å². The lowest BCUT2D eigenvalue weighted by atomic mass is 9.88. The summed E-state index contributed by atoms with van der Waals surface area (Å²) >= 11 is 3.38. The zero-order valence-corrected chi connectivity index (χ0v) is 23.6. The predicted molar refractivity (Wildman–Crippen MR) is 153 cm³/mol. The van der Waals surface area contributed by atoms with E-state index in [0.29, 0.717) is 47.2 Å². The molecule has 1 aliphatic rings. The molecule has 0 saturated carbocycles. The molecule has 202 valence electrons. The van der Waals surface area contributed by atoms with Crippen LogP contribution in [0.2, 0.25) is 0 Å². The van der Waals surface area contributed by atoms with Gasteiger partial charge in [-0.25, -0.2) is 18.4 Å². The molecule has 3 aromatic carbocycles. The van der Waals surface area contributed by atoms with Crippen molar-refractivity contribution in [2.45, 2.75) is 38.6 Å². The van der Waals surface area contributed by atoms with Gasteiger partial charge in [0, 0.05) is 33.9 Å². The Morgan fingerprint density at radius 1 is 1.05 bits per heavy atom. The molecule has 2 unspecified atom stereocenters. The van der Waals surface area contributed by atoms with Crippen molar-refractivity contribution >= 4 is 32.7 Å². The molecule has 0 spiro atoms. The summed E-state index contributed by atoms with van der Waals surface area (Å²) in [6, 6.07) is 18.7. The molecule has 0 bridgehead atoms. The summed E-state index contributed by atoms with van der Waals surface area (Å²) in [4.78, 5) is 20.8. The number of fused-ring (bicyclic) bond motifs is 1. The fourth-order valence-electron chi connectivity index (χ4n) is 5.61. The fourth-order valence-corrected chi connectivity index (χ4v) is 5.96. The van der Waals surface area contributed by atoms with E-state index in [-0.39, 0.29) is 23.7 Å². The monoisotopic (exact) mass is 601 g/mol. The van der Waals surface area contributed by atoms with Crippen molar-refractivity contribution in [3.8, 4) is 16.9 Å². The molecule has 5 aromatic rings. The van der Waals surface area contributed by atoms with Crippen LogP contribution in [0.1, 0.15) is 47.3 Å². The molecule has 0 N–H and O–H groups in total. The van der Waals surface area contributed by atoms with Crippen LogP contribution in [0.15, 0.2) is 77.4 Å². The minimum atomic E-state index is -0.410. The van der Waals surface area contributed by atoms with Gasteiger partial charge >= 0.3 is 0 Å². The van der Waals surface area contributed by atoms with Gasteiger partial charge in [0.15, 0.2) is 0 Å². The zero-order valence-electron chi connectivity index (χ0n) is 22.0. The van der Waals surface area contributed by atoms with Gasteiger partial charge in [-0.1, -0.05) is 51.5 Å². The first-order valence-electron chi connectivity index (χ1n) is 13.1. The Morgan fingerprint density at radius 2 is 1.85 bits per heavy atom. The van der Waals surface area contributed by atoms with Crippen LogP contribution in [-0.2, 0) is 0 Å². The van der Waals surface area contributed by atoms with E-state index in [1.807, 2.05) is 49.1 Å². The molecule has 1 fully saturated rings. The lowest BCUT2D eigenvalue weighted by Gasteiger charge is -2.37. The first kappa shape index (κ1) is 26.3. The van der Waals surface area contributed by atoms with E-state index in [1.54, 1.807) is 24.4 Å². The summed E-state index contributed by atoms with van der Waals surface area (Å²) < 4.78 is 31.0. The van der Waals surface area contributed by atoms with Crippen molar-refractivity contribution in [3.05, 3.63) is 106 Å². The van der Waals surface area contributed by atoms with Gasteiger partial charge in [-0.15, -0.1) is 5.10 Å². The molecule has 6 nitrogen and oxygen atoms in total. The maximum Gasteiger partial charge on any atom is 0.255 e. The van der Waals surface area contributed by atoms with Crippen molar-refractivity contribution < 1.29 is 13.6 Å². The van der Waals surface area contributed by atoms with E-state index in [4.69, 9.17) is 4.98 Å². The zero-order chi connectivity index (χ0) is 28.0. The van der Waals surface area contributed by atoms with Gasteiger partial charge in [0.2, 0.25) is 0 Å². The number of carbonyl (C=O) groups is 1. The Balaban J connectivity index is 1.30. The summed E-state index contributed by atoms with van der Waals surface area (Å²) in [6.07, 6.45) is 3.11. The number of amides is 1. The van der Waals surface area contributed by atoms with Crippen LogP contribution in [0, 0.1) is 18.6 Å². The molecule has 9 heteroatoms. The third kappa shape index (κ3) is 4.79. The molecule has 1 amide bonds. The average Bonchev–Trinajstić information content (AvgIpc) is 3.44. The van der Waals surface area contributed by atoms with Crippen molar-refractivity contribution in [2.75, 3.05) is 6.54 Å². The van der Waals surface area contributed by atoms with Crippen LogP contribution in [-0.4, -0.2) is 43.4 Å². The van der Waals surface area contributed by atoms with Crippen LogP contribution < -0.4 is 0 Å². The second kappa shape index (κ2) is 10.5. The van der Waals surface area contributed by atoms with Crippen molar-refractivity contribution in [3.63, 3.8) is 0 Å². The Hall–Kier alpha value is -3.98. The number of carbonyl (C=O) groups excluding carboxylic acids is 1. The summed E-state index contributed by atoms with van der Waals surface area (Å²) in [5.41, 5.74) is 4.46. The number of benzene rings is 3. The lowest BCUT2D eigenvalue weighted by molar-refractivity contribution is 0.0616. The Kier molecular flexibility index (Phi) is 6.92. The maximum absolute atomic E-state index is 14.4. The Bertz CT molecular complexity index is 1740. The number of aromatic nitrogens is 4. The summed E-state index contributed by atoms with van der Waals surface area (Å²) in [6.45, 7) is 4.39. The highest BCUT2D eigenvalue weighted by Crippen LogP contribution is 2.35. The topological polar surface area (TPSA) is 63.9 Å². The molecule has 2 aromatic heterocycles. The molecule has 1 saturated heterocycles. The third-order valence-corrected chi connectivity index (χ3v) is 8.17. The van der Waals surface area contributed by atoms with Crippen LogP contribution in [0.3, 0.4) is 0 Å². The first-order valence-corrected chi connectivity index (χ1v) is 13.9. The molecule has 6 rings (SSSR count). The van der Waals surface area contributed by atoms with Gasteiger partial charge in [-0.3, -0.25) is 4.79 Å². The van der Waals surface area contributed by atoms with Gasteiger partial charge in [0.25, 0.3) is 5.91 Å². The van der Waals surface area contributed by atoms with Gasteiger partial charge in [-0.2, -0.15) is 0 Å². The molecular formula is C31H26BrF2N5O. The quantitative estimate of drug-likeness (QED) is 0.218. The number of halogens is 3. The third-order valence-electron chi connectivity index (χ3n) is 7.67. The maximum atomic E-state index is 14.4. The molecule has 0 radical (unpaired) electrons. The molecule has 2 atom stereocenters. The second-order valence-electron chi connectivity index (χ2n) is 10.2. The minimum Gasteiger partial charge on any atom is -0.336 e.